The van der Waals surface area contributed by atoms with Gasteiger partial charge in [0.25, 0.3) is 0 Å². The van der Waals surface area contributed by atoms with Crippen molar-refractivity contribution in [2.45, 2.75) is 19.8 Å². The molecule has 0 amide bonds. The topological polar surface area (TPSA) is 61.6 Å². The summed E-state index contributed by atoms with van der Waals surface area (Å²) >= 11 is 0. The molecule has 21 heavy (non-hydrogen) atoms. The fourth-order valence-electron chi connectivity index (χ4n) is 2.37. The highest BCUT2D eigenvalue weighted by atomic mass is 15.0. The lowest BCUT2D eigenvalue weighted by molar-refractivity contribution is 0.831. The van der Waals surface area contributed by atoms with Crippen molar-refractivity contribution >= 4 is 27.6 Å². The molecule has 0 atom stereocenters. The molecule has 0 bridgehead atoms. The van der Waals surface area contributed by atoms with E-state index in [-0.39, 0.29) is 0 Å². The molecule has 4 heteroatoms. The molecule has 0 unspecified atom stereocenters. The third-order valence-electron chi connectivity index (χ3n) is 3.49. The summed E-state index contributed by atoms with van der Waals surface area (Å²) in [4.78, 5) is 9.02. The van der Waals surface area contributed by atoms with Crippen LogP contribution in [0.2, 0.25) is 0 Å². The molecule has 0 aliphatic heterocycles. The van der Waals surface area contributed by atoms with E-state index in [1.807, 2.05) is 30.3 Å². The number of nitriles is 1. The monoisotopic (exact) mass is 276 g/mol. The molecule has 0 fully saturated rings. The van der Waals surface area contributed by atoms with Gasteiger partial charge in [0.15, 0.2) is 0 Å². The summed E-state index contributed by atoms with van der Waals surface area (Å²) in [6, 6.07) is 12.2. The zero-order valence-electron chi connectivity index (χ0n) is 11.9. The Labute approximate surface area is 123 Å². The van der Waals surface area contributed by atoms with Crippen molar-refractivity contribution in [2.75, 3.05) is 11.9 Å². The molecule has 3 rings (SSSR count). The Bertz CT molecular complexity index is 833. The second-order valence-corrected chi connectivity index (χ2v) is 4.99. The van der Waals surface area contributed by atoms with Crippen LogP contribution in [0.5, 0.6) is 0 Å². The van der Waals surface area contributed by atoms with E-state index in [4.69, 9.17) is 0 Å². The Kier molecular flexibility index (Phi) is 3.65. The van der Waals surface area contributed by atoms with Crippen LogP contribution in [0.3, 0.4) is 0 Å². The number of rotatable bonds is 4. The van der Waals surface area contributed by atoms with Gasteiger partial charge >= 0.3 is 0 Å². The minimum atomic E-state index is 0.523. The molecular weight excluding hydrogens is 260 g/mol. The summed E-state index contributed by atoms with van der Waals surface area (Å²) in [5.74, 6) is 0.626. The molecule has 2 aromatic heterocycles. The van der Waals surface area contributed by atoms with Crippen LogP contribution >= 0.6 is 0 Å². The summed E-state index contributed by atoms with van der Waals surface area (Å²) in [5, 5.41) is 14.7. The molecule has 4 nitrogen and oxygen atoms in total. The molecule has 0 saturated heterocycles. The molecule has 3 aromatic rings. The number of aromatic nitrogens is 2. The standard InChI is InChI=1S/C17H16N4/c1-2-3-8-19-17-14(10-18)16-13(11-20-17)9-12-6-4-5-7-15(12)21-16/h4-7,9,11H,2-3,8H2,1H3,(H,19,20). The highest BCUT2D eigenvalue weighted by Crippen LogP contribution is 2.25. The molecule has 1 N–H and O–H groups in total. The number of pyridine rings is 2. The van der Waals surface area contributed by atoms with Gasteiger partial charge in [0, 0.05) is 23.5 Å². The third kappa shape index (κ3) is 2.50. The minimum absolute atomic E-state index is 0.523. The van der Waals surface area contributed by atoms with E-state index in [2.05, 4.69) is 28.3 Å². The maximum atomic E-state index is 9.48. The van der Waals surface area contributed by atoms with Crippen LogP contribution in [0, 0.1) is 11.3 Å². The Morgan fingerprint density at radius 2 is 2.10 bits per heavy atom. The first-order valence-electron chi connectivity index (χ1n) is 7.16. The summed E-state index contributed by atoms with van der Waals surface area (Å²) in [7, 11) is 0. The van der Waals surface area contributed by atoms with Crippen molar-refractivity contribution in [1.82, 2.24) is 9.97 Å². The molecule has 0 saturated carbocycles. The third-order valence-corrected chi connectivity index (χ3v) is 3.49. The lowest BCUT2D eigenvalue weighted by atomic mass is 10.1. The normalized spacial score (nSPS) is 10.7. The maximum Gasteiger partial charge on any atom is 0.146 e. The van der Waals surface area contributed by atoms with E-state index < -0.39 is 0 Å². The van der Waals surface area contributed by atoms with Crippen molar-refractivity contribution in [3.8, 4) is 6.07 Å². The first-order chi connectivity index (χ1) is 10.3. The van der Waals surface area contributed by atoms with Crippen LogP contribution in [0.1, 0.15) is 25.3 Å². The number of hydrogen-bond acceptors (Lipinski definition) is 4. The van der Waals surface area contributed by atoms with E-state index in [0.717, 1.165) is 35.7 Å². The van der Waals surface area contributed by atoms with E-state index in [0.29, 0.717) is 16.9 Å². The highest BCUT2D eigenvalue weighted by molar-refractivity contribution is 5.96. The minimum Gasteiger partial charge on any atom is -0.369 e. The van der Waals surface area contributed by atoms with E-state index in [1.165, 1.54) is 0 Å². The van der Waals surface area contributed by atoms with Gasteiger partial charge in [0.05, 0.1) is 11.0 Å². The van der Waals surface area contributed by atoms with Crippen LogP contribution in [0.4, 0.5) is 5.82 Å². The first-order valence-corrected chi connectivity index (χ1v) is 7.16. The van der Waals surface area contributed by atoms with Gasteiger partial charge in [-0.3, -0.25) is 0 Å². The molecule has 0 aliphatic carbocycles. The molecule has 2 heterocycles. The fraction of sp³-hybridized carbons (Fsp3) is 0.235. The van der Waals surface area contributed by atoms with E-state index >= 15 is 0 Å². The summed E-state index contributed by atoms with van der Waals surface area (Å²) in [6.07, 6.45) is 3.94. The zero-order valence-corrected chi connectivity index (χ0v) is 11.9. The van der Waals surface area contributed by atoms with Gasteiger partial charge in [0.1, 0.15) is 17.5 Å². The van der Waals surface area contributed by atoms with Gasteiger partial charge in [-0.15, -0.1) is 0 Å². The Balaban J connectivity index is 2.15. The second-order valence-electron chi connectivity index (χ2n) is 4.99. The zero-order chi connectivity index (χ0) is 14.7. The molecule has 104 valence electrons. The van der Waals surface area contributed by atoms with Crippen LogP contribution in [0.25, 0.3) is 21.8 Å². The number of anilines is 1. The quantitative estimate of drug-likeness (QED) is 0.580. The number of fused-ring (bicyclic) bond motifs is 2. The van der Waals surface area contributed by atoms with Crippen molar-refractivity contribution in [1.29, 1.82) is 5.26 Å². The predicted octanol–water partition coefficient (Wildman–Crippen LogP) is 3.87. The number of para-hydroxylation sites is 1. The van der Waals surface area contributed by atoms with Crippen molar-refractivity contribution in [3.05, 3.63) is 42.1 Å². The molecule has 0 aliphatic rings. The van der Waals surface area contributed by atoms with Crippen molar-refractivity contribution in [3.63, 3.8) is 0 Å². The number of nitrogens with one attached hydrogen (secondary N) is 1. The highest BCUT2D eigenvalue weighted by Gasteiger charge is 2.11. The van der Waals surface area contributed by atoms with Crippen LogP contribution in [0.15, 0.2) is 36.5 Å². The molecule has 0 spiro atoms. The predicted molar refractivity (Wildman–Crippen MR) is 85.2 cm³/mol. The molecule has 1 aromatic carbocycles. The average Bonchev–Trinajstić information content (AvgIpc) is 2.53. The smallest absolute Gasteiger partial charge is 0.146 e. The van der Waals surface area contributed by atoms with Gasteiger partial charge < -0.3 is 5.32 Å². The summed E-state index contributed by atoms with van der Waals surface area (Å²) < 4.78 is 0. The number of benzene rings is 1. The van der Waals surface area contributed by atoms with E-state index in [1.54, 1.807) is 6.20 Å². The second kappa shape index (κ2) is 5.76. The maximum absolute atomic E-state index is 9.48. The largest absolute Gasteiger partial charge is 0.369 e. The molecule has 0 radical (unpaired) electrons. The van der Waals surface area contributed by atoms with Gasteiger partial charge in [-0.1, -0.05) is 31.5 Å². The number of unbranched alkanes of at least 4 members (excludes halogenated alkanes) is 1. The fourth-order valence-corrected chi connectivity index (χ4v) is 2.37. The molecular formula is C17H16N4. The van der Waals surface area contributed by atoms with Gasteiger partial charge in [-0.05, 0) is 18.6 Å². The number of hydrogen-bond donors (Lipinski definition) is 1. The average molecular weight is 276 g/mol. The number of nitrogens with zero attached hydrogens (tertiary/aromatic N) is 3. The van der Waals surface area contributed by atoms with Gasteiger partial charge in [-0.2, -0.15) is 5.26 Å². The Hall–Kier alpha value is -2.67. The van der Waals surface area contributed by atoms with Gasteiger partial charge in [-0.25, -0.2) is 9.97 Å². The SMILES string of the molecule is CCCCNc1ncc2cc3ccccc3nc2c1C#N. The van der Waals surface area contributed by atoms with Gasteiger partial charge in [0.2, 0.25) is 0 Å². The first kappa shape index (κ1) is 13.3. The Morgan fingerprint density at radius 1 is 1.24 bits per heavy atom. The van der Waals surface area contributed by atoms with Crippen molar-refractivity contribution in [2.24, 2.45) is 0 Å². The Morgan fingerprint density at radius 3 is 2.90 bits per heavy atom. The van der Waals surface area contributed by atoms with E-state index in [9.17, 15) is 5.26 Å². The van der Waals surface area contributed by atoms with Crippen LogP contribution < -0.4 is 5.32 Å². The summed E-state index contributed by atoms with van der Waals surface area (Å²) in [5.41, 5.74) is 2.13. The van der Waals surface area contributed by atoms with Crippen molar-refractivity contribution < 1.29 is 0 Å². The summed E-state index contributed by atoms with van der Waals surface area (Å²) in [6.45, 7) is 2.95. The van der Waals surface area contributed by atoms with Crippen LogP contribution in [-0.4, -0.2) is 16.5 Å². The lowest BCUT2D eigenvalue weighted by Crippen LogP contribution is -2.05. The van der Waals surface area contributed by atoms with Crippen LogP contribution in [-0.2, 0) is 0 Å². The lowest BCUT2D eigenvalue weighted by Gasteiger charge is -2.09.